The number of carbonyl (C=O) groups is 1. The smallest absolute Gasteiger partial charge is 0.228 e. The van der Waals surface area contributed by atoms with Crippen LogP contribution >= 0.6 is 23.2 Å². The van der Waals surface area contributed by atoms with Gasteiger partial charge in [0.05, 0.1) is 28.6 Å². The minimum atomic E-state index is -0.0988. The molecule has 0 unspecified atom stereocenters. The van der Waals surface area contributed by atoms with Gasteiger partial charge in [-0.1, -0.05) is 66.2 Å². The van der Waals surface area contributed by atoms with Crippen molar-refractivity contribution in [2.75, 3.05) is 6.54 Å². The van der Waals surface area contributed by atoms with E-state index in [1.165, 1.54) is 0 Å². The van der Waals surface area contributed by atoms with Gasteiger partial charge in [0.15, 0.2) is 0 Å². The summed E-state index contributed by atoms with van der Waals surface area (Å²) in [6.45, 7) is 4.30. The Morgan fingerprint density at radius 1 is 1.07 bits per heavy atom. The number of amidine groups is 1. The van der Waals surface area contributed by atoms with Gasteiger partial charge < -0.3 is 10.6 Å². The number of carbonyl (C=O) groups excluding carboxylic acids is 1. The number of allylic oxidation sites excluding steroid dienone is 2. The van der Waals surface area contributed by atoms with Gasteiger partial charge in [0.25, 0.3) is 0 Å². The molecule has 0 saturated carbocycles. The molecule has 0 spiro atoms. The van der Waals surface area contributed by atoms with Gasteiger partial charge in [-0.2, -0.15) is 0 Å². The molecule has 6 heteroatoms. The molecule has 28 heavy (non-hydrogen) atoms. The topological polar surface area (TPSA) is 53.5 Å². The summed E-state index contributed by atoms with van der Waals surface area (Å²) in [5, 5.41) is 7.02. The van der Waals surface area contributed by atoms with Gasteiger partial charge in [0, 0.05) is 11.4 Å². The van der Waals surface area contributed by atoms with E-state index in [4.69, 9.17) is 23.2 Å². The quantitative estimate of drug-likeness (QED) is 0.768. The molecule has 0 saturated heterocycles. The molecule has 1 aliphatic rings. The van der Waals surface area contributed by atoms with Crippen molar-refractivity contribution in [3.8, 4) is 0 Å². The van der Waals surface area contributed by atoms with Gasteiger partial charge in [-0.05, 0) is 35.9 Å². The Morgan fingerprint density at radius 2 is 1.79 bits per heavy atom. The number of aliphatic imine (C=N–C) groups is 1. The normalized spacial score (nSPS) is 17.1. The van der Waals surface area contributed by atoms with Gasteiger partial charge in [-0.25, -0.2) is 0 Å². The van der Waals surface area contributed by atoms with Crippen LogP contribution in [0.25, 0.3) is 0 Å². The zero-order valence-corrected chi connectivity index (χ0v) is 16.6. The highest BCUT2D eigenvalue weighted by Gasteiger charge is 2.13. The second-order valence-electron chi connectivity index (χ2n) is 6.14. The van der Waals surface area contributed by atoms with Crippen molar-refractivity contribution in [1.29, 1.82) is 0 Å². The van der Waals surface area contributed by atoms with E-state index in [0.717, 1.165) is 5.56 Å². The molecule has 4 nitrogen and oxygen atoms in total. The second kappa shape index (κ2) is 9.40. The molecular weight excluding hydrogens is 393 g/mol. The van der Waals surface area contributed by atoms with Gasteiger partial charge in [0.1, 0.15) is 5.84 Å². The van der Waals surface area contributed by atoms with Gasteiger partial charge >= 0.3 is 0 Å². The monoisotopic (exact) mass is 411 g/mol. The summed E-state index contributed by atoms with van der Waals surface area (Å²) in [4.78, 5) is 16.9. The van der Waals surface area contributed by atoms with E-state index >= 15 is 0 Å². The van der Waals surface area contributed by atoms with E-state index in [0.29, 0.717) is 45.8 Å². The summed E-state index contributed by atoms with van der Waals surface area (Å²) >= 11 is 12.6. The lowest BCUT2D eigenvalue weighted by molar-refractivity contribution is -0.119. The number of nitrogens with one attached hydrogen (secondary N) is 2. The first-order valence-corrected chi connectivity index (χ1v) is 9.45. The molecule has 1 aliphatic heterocycles. The average molecular weight is 412 g/mol. The molecule has 0 atom stereocenters. The third kappa shape index (κ3) is 5.35. The number of rotatable bonds is 4. The molecule has 2 aromatic carbocycles. The fourth-order valence-electron chi connectivity index (χ4n) is 2.67. The SMILES string of the molecule is C=C1/C=C\C(NC(=O)Cc2ccccc2)=C/CN=C(c2c(Cl)cccc2Cl)N1. The van der Waals surface area contributed by atoms with Crippen molar-refractivity contribution < 1.29 is 4.79 Å². The van der Waals surface area contributed by atoms with Crippen LogP contribution in [0, 0.1) is 0 Å². The molecule has 2 aromatic rings. The number of hydrogen-bond donors (Lipinski definition) is 2. The van der Waals surface area contributed by atoms with Crippen LogP contribution in [0.1, 0.15) is 11.1 Å². The first-order chi connectivity index (χ1) is 13.5. The Kier molecular flexibility index (Phi) is 6.69. The standard InChI is InChI=1S/C22H19Cl2N3O/c1-15-10-11-17(27-20(28)14-16-6-3-2-4-7-16)12-13-25-22(26-15)21-18(23)8-5-9-19(21)24/h2-12H,1,13-14H2,(H,25,26)(H,27,28)/b11-10-,17-12+. The van der Waals surface area contributed by atoms with Crippen LogP contribution in [0.4, 0.5) is 0 Å². The Labute approximate surface area is 174 Å². The molecule has 1 amide bonds. The molecule has 1 heterocycles. The Hall–Kier alpha value is -2.82. The van der Waals surface area contributed by atoms with E-state index in [1.54, 1.807) is 30.4 Å². The minimum Gasteiger partial charge on any atom is -0.340 e. The largest absolute Gasteiger partial charge is 0.340 e. The maximum atomic E-state index is 12.3. The predicted molar refractivity (Wildman–Crippen MR) is 116 cm³/mol. The number of nitrogens with zero attached hydrogens (tertiary/aromatic N) is 1. The summed E-state index contributed by atoms with van der Waals surface area (Å²) in [5.74, 6) is 0.427. The third-order valence-corrected chi connectivity index (χ3v) is 4.62. The Balaban J connectivity index is 1.78. The van der Waals surface area contributed by atoms with E-state index in [2.05, 4.69) is 22.2 Å². The lowest BCUT2D eigenvalue weighted by Gasteiger charge is -2.12. The lowest BCUT2D eigenvalue weighted by atomic mass is 10.1. The maximum absolute atomic E-state index is 12.3. The number of benzene rings is 2. The fourth-order valence-corrected chi connectivity index (χ4v) is 3.25. The van der Waals surface area contributed by atoms with E-state index in [1.807, 2.05) is 36.4 Å². The van der Waals surface area contributed by atoms with Crippen molar-refractivity contribution in [2.45, 2.75) is 6.42 Å². The van der Waals surface area contributed by atoms with Gasteiger partial charge in [-0.15, -0.1) is 0 Å². The highest BCUT2D eigenvalue weighted by molar-refractivity contribution is 6.40. The number of hydrogen-bond acceptors (Lipinski definition) is 3. The molecule has 0 aliphatic carbocycles. The molecule has 0 radical (unpaired) electrons. The summed E-state index contributed by atoms with van der Waals surface area (Å²) < 4.78 is 0. The predicted octanol–water partition coefficient (Wildman–Crippen LogP) is 4.66. The van der Waals surface area contributed by atoms with Crippen LogP contribution in [-0.2, 0) is 11.2 Å². The summed E-state index contributed by atoms with van der Waals surface area (Å²) in [5.41, 5.74) is 2.82. The van der Waals surface area contributed by atoms with Crippen molar-refractivity contribution >= 4 is 34.9 Å². The van der Waals surface area contributed by atoms with Crippen LogP contribution in [0.2, 0.25) is 10.0 Å². The zero-order chi connectivity index (χ0) is 19.9. The van der Waals surface area contributed by atoms with Gasteiger partial charge in [-0.3, -0.25) is 9.79 Å². The van der Waals surface area contributed by atoms with Crippen LogP contribution in [0.15, 0.2) is 89.7 Å². The second-order valence-corrected chi connectivity index (χ2v) is 6.95. The Bertz CT molecular complexity index is 958. The molecular formula is C22H19Cl2N3O. The van der Waals surface area contributed by atoms with Crippen molar-refractivity contribution in [3.63, 3.8) is 0 Å². The number of halogens is 2. The molecule has 3 rings (SSSR count). The Morgan fingerprint density at radius 3 is 2.50 bits per heavy atom. The van der Waals surface area contributed by atoms with E-state index in [9.17, 15) is 4.79 Å². The van der Waals surface area contributed by atoms with Gasteiger partial charge in [0.2, 0.25) is 5.91 Å². The van der Waals surface area contributed by atoms with Crippen LogP contribution in [-0.4, -0.2) is 18.3 Å². The molecule has 2 N–H and O–H groups in total. The first-order valence-electron chi connectivity index (χ1n) is 8.69. The molecule has 0 fully saturated rings. The first kappa shape index (κ1) is 19.9. The summed E-state index contributed by atoms with van der Waals surface area (Å²) in [6, 6.07) is 14.9. The summed E-state index contributed by atoms with van der Waals surface area (Å²) in [6.07, 6.45) is 5.67. The number of amides is 1. The van der Waals surface area contributed by atoms with E-state index < -0.39 is 0 Å². The lowest BCUT2D eigenvalue weighted by Crippen LogP contribution is -2.24. The van der Waals surface area contributed by atoms with Crippen molar-refractivity contribution in [3.05, 3.63) is 106 Å². The highest BCUT2D eigenvalue weighted by atomic mass is 35.5. The van der Waals surface area contributed by atoms with Crippen molar-refractivity contribution in [2.24, 2.45) is 4.99 Å². The maximum Gasteiger partial charge on any atom is 0.228 e. The van der Waals surface area contributed by atoms with Crippen LogP contribution in [0.5, 0.6) is 0 Å². The molecule has 0 aromatic heterocycles. The summed E-state index contributed by atoms with van der Waals surface area (Å²) in [7, 11) is 0. The van der Waals surface area contributed by atoms with Crippen LogP contribution < -0.4 is 10.6 Å². The zero-order valence-electron chi connectivity index (χ0n) is 15.1. The third-order valence-electron chi connectivity index (χ3n) is 3.99. The molecule has 0 bridgehead atoms. The molecule has 142 valence electrons. The fraction of sp³-hybridized carbons (Fsp3) is 0.0909. The van der Waals surface area contributed by atoms with Crippen molar-refractivity contribution in [1.82, 2.24) is 10.6 Å². The average Bonchev–Trinajstić information content (AvgIpc) is 2.74. The van der Waals surface area contributed by atoms with Crippen LogP contribution in [0.3, 0.4) is 0 Å². The minimum absolute atomic E-state index is 0.0988. The highest BCUT2D eigenvalue weighted by Crippen LogP contribution is 2.25. The van der Waals surface area contributed by atoms with E-state index in [-0.39, 0.29) is 5.91 Å².